The molecule has 0 saturated carbocycles. The van der Waals surface area contributed by atoms with E-state index in [0.29, 0.717) is 26.1 Å². The van der Waals surface area contributed by atoms with Crippen LogP contribution in [0.25, 0.3) is 0 Å². The monoisotopic (exact) mass is 381 g/mol. The molecule has 1 aromatic carbocycles. The average molecular weight is 381 g/mol. The maximum atomic E-state index is 12.7. The normalized spacial score (nSPS) is 26.0. The lowest BCUT2D eigenvalue weighted by Gasteiger charge is -2.39. The molecule has 2 saturated heterocycles. The van der Waals surface area contributed by atoms with E-state index in [1.165, 1.54) is 4.31 Å². The number of carbonyl (C=O) groups excluding carboxylic acids is 1. The smallest absolute Gasteiger partial charge is 0.243 e. The summed E-state index contributed by atoms with van der Waals surface area (Å²) in [6.07, 6.45) is -0.0256. The van der Waals surface area contributed by atoms with Gasteiger partial charge in [0.05, 0.1) is 16.9 Å². The Morgan fingerprint density at radius 3 is 2.31 bits per heavy atom. The van der Waals surface area contributed by atoms with Gasteiger partial charge in [-0.05, 0) is 32.5 Å². The van der Waals surface area contributed by atoms with Gasteiger partial charge in [-0.15, -0.1) is 0 Å². The number of carbonyl (C=O) groups is 1. The molecule has 8 heteroatoms. The van der Waals surface area contributed by atoms with Gasteiger partial charge in [-0.25, -0.2) is 8.42 Å². The van der Waals surface area contributed by atoms with Crippen LogP contribution in [0.5, 0.6) is 0 Å². The third kappa shape index (κ3) is 3.93. The maximum Gasteiger partial charge on any atom is 0.243 e. The Hall–Kier alpha value is -1.48. The van der Waals surface area contributed by atoms with E-state index >= 15 is 0 Å². The van der Waals surface area contributed by atoms with Crippen molar-refractivity contribution in [1.82, 2.24) is 14.1 Å². The summed E-state index contributed by atoms with van der Waals surface area (Å²) in [5.41, 5.74) is 1.01. The minimum absolute atomic E-state index is 0.0727. The van der Waals surface area contributed by atoms with Crippen molar-refractivity contribution >= 4 is 15.9 Å². The fourth-order valence-corrected chi connectivity index (χ4v) is 5.01. The Kier molecular flexibility index (Phi) is 5.67. The first-order valence-electron chi connectivity index (χ1n) is 9.01. The van der Waals surface area contributed by atoms with Crippen LogP contribution in [0.2, 0.25) is 0 Å². The lowest BCUT2D eigenvalue weighted by Crippen LogP contribution is -2.55. The minimum Gasteiger partial charge on any atom is -0.392 e. The highest BCUT2D eigenvalue weighted by Crippen LogP contribution is 2.22. The quantitative estimate of drug-likeness (QED) is 0.806. The van der Waals surface area contributed by atoms with E-state index in [1.807, 2.05) is 18.9 Å². The number of benzene rings is 1. The number of aliphatic hydroxyl groups excluding tert-OH is 1. The fraction of sp³-hybridized carbons (Fsp3) is 0.611. The maximum absolute atomic E-state index is 12.7. The third-order valence-electron chi connectivity index (χ3n) is 5.31. The van der Waals surface area contributed by atoms with E-state index in [-0.39, 0.29) is 23.9 Å². The summed E-state index contributed by atoms with van der Waals surface area (Å²) in [6, 6.07) is 6.81. The first-order valence-corrected chi connectivity index (χ1v) is 10.5. The molecular weight excluding hydrogens is 354 g/mol. The van der Waals surface area contributed by atoms with E-state index in [1.54, 1.807) is 29.2 Å². The molecule has 0 unspecified atom stereocenters. The molecule has 0 radical (unpaired) electrons. The van der Waals surface area contributed by atoms with Gasteiger partial charge in [-0.1, -0.05) is 17.7 Å². The van der Waals surface area contributed by atoms with Crippen LogP contribution in [0.15, 0.2) is 29.2 Å². The Morgan fingerprint density at radius 2 is 1.69 bits per heavy atom. The molecule has 144 valence electrons. The fourth-order valence-electron chi connectivity index (χ4n) is 3.59. The van der Waals surface area contributed by atoms with Crippen LogP contribution in [0.4, 0.5) is 0 Å². The summed E-state index contributed by atoms with van der Waals surface area (Å²) in [4.78, 5) is 16.8. The summed E-state index contributed by atoms with van der Waals surface area (Å²) >= 11 is 0. The molecule has 2 fully saturated rings. The molecule has 1 amide bonds. The molecule has 2 atom stereocenters. The number of amides is 1. The van der Waals surface area contributed by atoms with Gasteiger partial charge in [-0.2, -0.15) is 4.31 Å². The van der Waals surface area contributed by atoms with Crippen LogP contribution < -0.4 is 0 Å². The standard InChI is InChI=1S/C18H27N3O4S/c1-14-3-5-15(6-4-14)26(24,25)21-11-9-20(10-12-21)18(23)16-13-19(2)8-7-17(16)22/h3-6,16-17,22H,7-13H2,1-2H3/t16-,17+/m1/s1. The topological polar surface area (TPSA) is 81.2 Å². The van der Waals surface area contributed by atoms with Crippen LogP contribution in [0, 0.1) is 12.8 Å². The lowest BCUT2D eigenvalue weighted by atomic mass is 9.93. The molecule has 2 aliphatic rings. The Morgan fingerprint density at radius 1 is 1.08 bits per heavy atom. The van der Waals surface area contributed by atoms with Gasteiger partial charge in [0.2, 0.25) is 15.9 Å². The molecule has 2 heterocycles. The summed E-state index contributed by atoms with van der Waals surface area (Å²) in [5.74, 6) is -0.495. The summed E-state index contributed by atoms with van der Waals surface area (Å²) in [6.45, 7) is 4.52. The summed E-state index contributed by atoms with van der Waals surface area (Å²) in [5, 5.41) is 10.2. The number of piperazine rings is 1. The van der Waals surface area contributed by atoms with Gasteiger partial charge < -0.3 is 14.9 Å². The minimum atomic E-state index is -3.53. The molecule has 1 N–H and O–H groups in total. The number of nitrogens with zero attached hydrogens (tertiary/aromatic N) is 3. The largest absolute Gasteiger partial charge is 0.392 e. The van der Waals surface area contributed by atoms with Crippen molar-refractivity contribution in [2.75, 3.05) is 46.3 Å². The second-order valence-electron chi connectivity index (χ2n) is 7.27. The van der Waals surface area contributed by atoms with E-state index in [2.05, 4.69) is 0 Å². The predicted octanol–water partition coefficient (Wildman–Crippen LogP) is 0.141. The first-order chi connectivity index (χ1) is 12.3. The molecule has 26 heavy (non-hydrogen) atoms. The van der Waals surface area contributed by atoms with Crippen LogP contribution in [0.1, 0.15) is 12.0 Å². The highest BCUT2D eigenvalue weighted by molar-refractivity contribution is 7.89. The van der Waals surface area contributed by atoms with Crippen LogP contribution in [-0.4, -0.2) is 86.0 Å². The van der Waals surface area contributed by atoms with E-state index in [0.717, 1.165) is 12.1 Å². The number of rotatable bonds is 3. The molecule has 2 aliphatic heterocycles. The van der Waals surface area contributed by atoms with E-state index < -0.39 is 22.0 Å². The SMILES string of the molecule is Cc1ccc(S(=O)(=O)N2CCN(C(=O)[C@@H]3CN(C)CC[C@@H]3O)CC2)cc1. The zero-order valence-corrected chi connectivity index (χ0v) is 16.2. The lowest BCUT2D eigenvalue weighted by molar-refractivity contribution is -0.143. The van der Waals surface area contributed by atoms with Gasteiger partial charge in [0, 0.05) is 39.3 Å². The van der Waals surface area contributed by atoms with E-state index in [9.17, 15) is 18.3 Å². The highest BCUT2D eigenvalue weighted by atomic mass is 32.2. The molecule has 0 bridgehead atoms. The van der Waals surface area contributed by atoms with Crippen LogP contribution in [0.3, 0.4) is 0 Å². The molecular formula is C18H27N3O4S. The molecule has 1 aromatic rings. The van der Waals surface area contributed by atoms with Crippen LogP contribution in [-0.2, 0) is 14.8 Å². The highest BCUT2D eigenvalue weighted by Gasteiger charge is 2.37. The van der Waals surface area contributed by atoms with Crippen molar-refractivity contribution in [2.45, 2.75) is 24.3 Å². The van der Waals surface area contributed by atoms with Gasteiger partial charge in [0.25, 0.3) is 0 Å². The second kappa shape index (κ2) is 7.64. The number of aliphatic hydroxyl groups is 1. The predicted molar refractivity (Wildman–Crippen MR) is 98.1 cm³/mol. The summed E-state index contributed by atoms with van der Waals surface area (Å²) < 4.78 is 26.9. The number of sulfonamides is 1. The van der Waals surface area contributed by atoms with Crippen molar-refractivity contribution in [3.05, 3.63) is 29.8 Å². The van der Waals surface area contributed by atoms with Gasteiger partial charge in [0.1, 0.15) is 0 Å². The van der Waals surface area contributed by atoms with E-state index in [4.69, 9.17) is 0 Å². The zero-order valence-electron chi connectivity index (χ0n) is 15.3. The Balaban J connectivity index is 1.63. The molecule has 0 aliphatic carbocycles. The molecule has 0 spiro atoms. The number of hydrogen-bond acceptors (Lipinski definition) is 5. The Labute approximate surface area is 155 Å². The van der Waals surface area contributed by atoms with Crippen molar-refractivity contribution in [3.8, 4) is 0 Å². The molecule has 7 nitrogen and oxygen atoms in total. The van der Waals surface area contributed by atoms with Crippen molar-refractivity contribution in [2.24, 2.45) is 5.92 Å². The van der Waals surface area contributed by atoms with Gasteiger partial charge >= 0.3 is 0 Å². The number of likely N-dealkylation sites (tertiary alicyclic amines) is 1. The second-order valence-corrected chi connectivity index (χ2v) is 9.21. The number of hydrogen-bond donors (Lipinski definition) is 1. The van der Waals surface area contributed by atoms with Gasteiger partial charge in [0.15, 0.2) is 0 Å². The first kappa shape index (κ1) is 19.3. The average Bonchev–Trinajstić information content (AvgIpc) is 2.63. The number of aryl methyl sites for hydroxylation is 1. The Bertz CT molecular complexity index is 742. The van der Waals surface area contributed by atoms with Crippen molar-refractivity contribution < 1.29 is 18.3 Å². The number of piperidine rings is 1. The summed E-state index contributed by atoms with van der Waals surface area (Å²) in [7, 11) is -1.59. The third-order valence-corrected chi connectivity index (χ3v) is 7.22. The zero-order chi connectivity index (χ0) is 18.9. The van der Waals surface area contributed by atoms with Crippen molar-refractivity contribution in [1.29, 1.82) is 0 Å². The van der Waals surface area contributed by atoms with Gasteiger partial charge in [-0.3, -0.25) is 4.79 Å². The van der Waals surface area contributed by atoms with Crippen molar-refractivity contribution in [3.63, 3.8) is 0 Å². The van der Waals surface area contributed by atoms with Crippen LogP contribution >= 0.6 is 0 Å². The molecule has 3 rings (SSSR count). The molecule has 0 aromatic heterocycles.